The lowest BCUT2D eigenvalue weighted by Crippen LogP contribution is -1.97. The average Bonchev–Trinajstić information content (AvgIpc) is 2.29. The van der Waals surface area contributed by atoms with E-state index in [-0.39, 0.29) is 0 Å². The number of hydrogen-bond acceptors (Lipinski definition) is 1. The van der Waals surface area contributed by atoms with Gasteiger partial charge in [0, 0.05) is 10.6 Å². The number of benzene rings is 2. The molecule has 0 N–H and O–H groups in total. The predicted octanol–water partition coefficient (Wildman–Crippen LogP) is 5.23. The van der Waals surface area contributed by atoms with Gasteiger partial charge < -0.3 is 4.74 Å². The second-order valence-electron chi connectivity index (χ2n) is 3.45. The smallest absolute Gasteiger partial charge is 0.119 e. The van der Waals surface area contributed by atoms with E-state index in [9.17, 15) is 0 Å². The molecule has 2 aromatic carbocycles. The van der Waals surface area contributed by atoms with Crippen molar-refractivity contribution in [3.63, 3.8) is 0 Å². The zero-order valence-corrected chi connectivity index (χ0v) is 11.1. The topological polar surface area (TPSA) is 9.23 Å². The Morgan fingerprint density at radius 2 is 1.47 bits per heavy atom. The molecule has 2 aromatic rings. The minimum Gasteiger partial charge on any atom is -0.489 e. The van der Waals surface area contributed by atoms with Crippen LogP contribution in [0.3, 0.4) is 0 Å². The zero-order valence-electron chi connectivity index (χ0n) is 8.79. The average molecular weight is 288 g/mol. The Hall–Kier alpha value is -0.890. The van der Waals surface area contributed by atoms with E-state index < -0.39 is 0 Å². The summed E-state index contributed by atoms with van der Waals surface area (Å²) in [5.74, 6) is 0.773. The van der Waals surface area contributed by atoms with Gasteiger partial charge in [-0.15, -0.1) is 0 Å². The quantitative estimate of drug-likeness (QED) is 0.751. The Bertz CT molecular complexity index is 488. The van der Waals surface area contributed by atoms with Gasteiger partial charge in [-0.1, -0.05) is 53.0 Å². The molecule has 88 valence electrons. The Morgan fingerprint density at radius 1 is 0.882 bits per heavy atom. The summed E-state index contributed by atoms with van der Waals surface area (Å²) in [6.45, 7) is 0.318. The minimum atomic E-state index is 0.318. The molecule has 0 amide bonds. The monoisotopic (exact) mass is 286 g/mol. The molecule has 0 aliphatic heterocycles. The van der Waals surface area contributed by atoms with Crippen molar-refractivity contribution in [3.8, 4) is 5.75 Å². The van der Waals surface area contributed by atoms with Crippen LogP contribution in [-0.4, -0.2) is 0 Å². The number of para-hydroxylation sites is 1. The molecule has 0 spiro atoms. The Kier molecular flexibility index (Phi) is 4.16. The van der Waals surface area contributed by atoms with E-state index >= 15 is 0 Å². The molecule has 0 atom stereocenters. The van der Waals surface area contributed by atoms with Crippen molar-refractivity contribution in [1.29, 1.82) is 0 Å². The molecule has 0 heterocycles. The summed E-state index contributed by atoms with van der Waals surface area (Å²) in [5, 5.41) is 1.54. The first-order valence-electron chi connectivity index (χ1n) is 4.98. The van der Waals surface area contributed by atoms with Crippen molar-refractivity contribution in [3.05, 3.63) is 63.1 Å². The fraction of sp³-hybridized carbons (Fsp3) is 0.0769. The first kappa shape index (κ1) is 12.6. The molecule has 0 fully saturated rings. The van der Waals surface area contributed by atoms with Gasteiger partial charge in [0.05, 0.1) is 10.0 Å². The van der Waals surface area contributed by atoms with Gasteiger partial charge in [-0.3, -0.25) is 0 Å². The van der Waals surface area contributed by atoms with Gasteiger partial charge >= 0.3 is 0 Å². The third-order valence-corrected chi connectivity index (χ3v) is 3.12. The van der Waals surface area contributed by atoms with Crippen molar-refractivity contribution in [2.24, 2.45) is 0 Å². The highest BCUT2D eigenvalue weighted by molar-refractivity contribution is 6.39. The number of rotatable bonds is 3. The van der Waals surface area contributed by atoms with Crippen molar-refractivity contribution in [1.82, 2.24) is 0 Å². The molecule has 0 aliphatic rings. The number of ether oxygens (including phenoxy) is 1. The molecule has 0 aromatic heterocycles. The minimum absolute atomic E-state index is 0.318. The number of halogens is 3. The second-order valence-corrected chi connectivity index (χ2v) is 4.70. The van der Waals surface area contributed by atoms with E-state index in [2.05, 4.69) is 0 Å². The van der Waals surface area contributed by atoms with Gasteiger partial charge in [0.1, 0.15) is 12.4 Å². The summed E-state index contributed by atoms with van der Waals surface area (Å²) >= 11 is 17.9. The lowest BCUT2D eigenvalue weighted by Gasteiger charge is -2.09. The maximum atomic E-state index is 6.05. The molecular weight excluding hydrogens is 279 g/mol. The van der Waals surface area contributed by atoms with Crippen LogP contribution < -0.4 is 4.74 Å². The van der Waals surface area contributed by atoms with Crippen molar-refractivity contribution >= 4 is 34.8 Å². The van der Waals surface area contributed by atoms with Crippen LogP contribution in [-0.2, 0) is 6.61 Å². The van der Waals surface area contributed by atoms with Crippen LogP contribution in [0.1, 0.15) is 5.56 Å². The predicted molar refractivity (Wildman–Crippen MR) is 72.2 cm³/mol. The maximum absolute atomic E-state index is 6.05. The van der Waals surface area contributed by atoms with Gasteiger partial charge in [0.2, 0.25) is 0 Å². The Labute approximate surface area is 115 Å². The Balaban J connectivity index is 2.15. The lowest BCUT2D eigenvalue weighted by atomic mass is 10.2. The van der Waals surface area contributed by atoms with Gasteiger partial charge in [-0.25, -0.2) is 0 Å². The highest BCUT2D eigenvalue weighted by atomic mass is 35.5. The fourth-order valence-corrected chi connectivity index (χ4v) is 2.31. The normalized spacial score (nSPS) is 10.3. The van der Waals surface area contributed by atoms with Crippen LogP contribution >= 0.6 is 34.8 Å². The summed E-state index contributed by atoms with van der Waals surface area (Å²) in [7, 11) is 0. The van der Waals surface area contributed by atoms with Gasteiger partial charge in [0.15, 0.2) is 0 Å². The molecular formula is C13H9Cl3O. The molecule has 0 aliphatic carbocycles. The standard InChI is InChI=1S/C13H9Cl3O/c14-9-6-12(15)11(13(16)7-9)8-17-10-4-2-1-3-5-10/h1-7H,8H2. The first-order valence-corrected chi connectivity index (χ1v) is 6.11. The van der Waals surface area contributed by atoms with Crippen molar-refractivity contribution < 1.29 is 4.74 Å². The van der Waals surface area contributed by atoms with Gasteiger partial charge in [0.25, 0.3) is 0 Å². The molecule has 0 radical (unpaired) electrons. The molecule has 2 rings (SSSR count). The van der Waals surface area contributed by atoms with E-state index in [1.165, 1.54) is 0 Å². The molecule has 0 saturated heterocycles. The van der Waals surface area contributed by atoms with E-state index in [1.807, 2.05) is 30.3 Å². The maximum Gasteiger partial charge on any atom is 0.119 e. The largest absolute Gasteiger partial charge is 0.489 e. The molecule has 1 nitrogen and oxygen atoms in total. The molecule has 0 unspecified atom stereocenters. The van der Waals surface area contributed by atoms with E-state index in [1.54, 1.807) is 12.1 Å². The number of hydrogen-bond donors (Lipinski definition) is 0. The molecule has 4 heteroatoms. The second kappa shape index (κ2) is 5.63. The van der Waals surface area contributed by atoms with Crippen LogP contribution in [0.15, 0.2) is 42.5 Å². The van der Waals surface area contributed by atoms with Crippen molar-refractivity contribution in [2.45, 2.75) is 6.61 Å². The van der Waals surface area contributed by atoms with Crippen molar-refractivity contribution in [2.75, 3.05) is 0 Å². The summed E-state index contributed by atoms with van der Waals surface area (Å²) < 4.78 is 5.58. The molecule has 0 saturated carbocycles. The molecule has 17 heavy (non-hydrogen) atoms. The first-order chi connectivity index (χ1) is 8.16. The summed E-state index contributed by atoms with van der Waals surface area (Å²) in [6.07, 6.45) is 0. The third kappa shape index (κ3) is 3.29. The lowest BCUT2D eigenvalue weighted by molar-refractivity contribution is 0.306. The van der Waals surface area contributed by atoms with Crippen LogP contribution in [0.5, 0.6) is 5.75 Å². The molecule has 0 bridgehead atoms. The van der Waals surface area contributed by atoms with E-state index in [0.717, 1.165) is 11.3 Å². The summed E-state index contributed by atoms with van der Waals surface area (Å²) in [5.41, 5.74) is 0.738. The highest BCUT2D eigenvalue weighted by Crippen LogP contribution is 2.29. The SMILES string of the molecule is Clc1cc(Cl)c(COc2ccccc2)c(Cl)c1. The fourth-order valence-electron chi connectivity index (χ4n) is 1.38. The Morgan fingerprint density at radius 3 is 2.06 bits per heavy atom. The van der Waals surface area contributed by atoms with Crippen LogP contribution in [0.25, 0.3) is 0 Å². The highest BCUT2D eigenvalue weighted by Gasteiger charge is 2.08. The van der Waals surface area contributed by atoms with Gasteiger partial charge in [-0.2, -0.15) is 0 Å². The third-order valence-electron chi connectivity index (χ3n) is 2.23. The van der Waals surface area contributed by atoms with Crippen LogP contribution in [0, 0.1) is 0 Å². The zero-order chi connectivity index (χ0) is 12.3. The summed E-state index contributed by atoms with van der Waals surface area (Å²) in [6, 6.07) is 12.8. The van der Waals surface area contributed by atoms with Crippen LogP contribution in [0.2, 0.25) is 15.1 Å². The van der Waals surface area contributed by atoms with Gasteiger partial charge in [-0.05, 0) is 24.3 Å². The van der Waals surface area contributed by atoms with E-state index in [4.69, 9.17) is 39.5 Å². The van der Waals surface area contributed by atoms with E-state index in [0.29, 0.717) is 21.7 Å². The van der Waals surface area contributed by atoms with Crippen LogP contribution in [0.4, 0.5) is 0 Å². The summed E-state index contributed by atoms with van der Waals surface area (Å²) in [4.78, 5) is 0.